The van der Waals surface area contributed by atoms with Gasteiger partial charge < -0.3 is 20.3 Å². The highest BCUT2D eigenvalue weighted by molar-refractivity contribution is 6.30. The van der Waals surface area contributed by atoms with E-state index in [0.717, 1.165) is 51.6 Å². The lowest BCUT2D eigenvalue weighted by atomic mass is 9.74. The molecule has 3 saturated heterocycles. The summed E-state index contributed by atoms with van der Waals surface area (Å²) in [5, 5.41) is 6.81. The Bertz CT molecular complexity index is 1150. The largest absolute Gasteiger partial charge is 0.359 e. The van der Waals surface area contributed by atoms with Crippen LogP contribution in [0.1, 0.15) is 64.7 Å². The molecule has 40 heavy (non-hydrogen) atoms. The molecular weight excluding hydrogens is 528 g/mol. The van der Waals surface area contributed by atoms with Gasteiger partial charge in [-0.05, 0) is 62.9 Å². The Morgan fingerprint density at radius 2 is 1.77 bits per heavy atom. The number of nitrogens with zero attached hydrogens (tertiary/aromatic N) is 2. The lowest BCUT2D eigenvalue weighted by Gasteiger charge is -2.38. The third kappa shape index (κ3) is 4.96. The molecule has 1 spiro atoms. The molecule has 2 bridgehead atoms. The molecule has 1 aromatic rings. The zero-order valence-corrected chi connectivity index (χ0v) is 24.1. The topological polar surface area (TPSA) is 91.0 Å². The van der Waals surface area contributed by atoms with Gasteiger partial charge in [-0.3, -0.25) is 19.3 Å². The van der Waals surface area contributed by atoms with Crippen LogP contribution in [0.25, 0.3) is 0 Å². The number of ether oxygens (including phenoxy) is 1. The number of carbonyl (C=O) groups is 3. The second kappa shape index (κ2) is 11.5. The molecule has 4 aliphatic heterocycles. The monoisotopic (exact) mass is 568 g/mol. The molecule has 4 unspecified atom stereocenters. The minimum absolute atomic E-state index is 0.117. The van der Waals surface area contributed by atoms with Gasteiger partial charge in [0.2, 0.25) is 17.7 Å². The van der Waals surface area contributed by atoms with E-state index in [0.29, 0.717) is 23.3 Å². The van der Waals surface area contributed by atoms with Crippen LogP contribution in [0.4, 0.5) is 5.69 Å². The van der Waals surface area contributed by atoms with E-state index >= 15 is 0 Å². The molecule has 6 atom stereocenters. The Labute approximate surface area is 241 Å². The summed E-state index contributed by atoms with van der Waals surface area (Å²) >= 11 is 6.02. The summed E-state index contributed by atoms with van der Waals surface area (Å²) in [5.41, 5.74) is -0.519. The van der Waals surface area contributed by atoms with Gasteiger partial charge in [0.25, 0.3) is 0 Å². The summed E-state index contributed by atoms with van der Waals surface area (Å²) in [6.07, 6.45) is 13.2. The highest BCUT2D eigenvalue weighted by Gasteiger charge is 2.72. The van der Waals surface area contributed by atoms with Gasteiger partial charge in [-0.25, -0.2) is 0 Å². The molecule has 0 aromatic heterocycles. The van der Waals surface area contributed by atoms with Crippen LogP contribution < -0.4 is 10.6 Å². The smallest absolute Gasteiger partial charge is 0.246 e. The maximum absolute atomic E-state index is 14.2. The molecule has 8 nitrogen and oxygen atoms in total. The molecule has 9 heteroatoms. The summed E-state index contributed by atoms with van der Waals surface area (Å²) < 4.78 is 6.50. The molecule has 2 N–H and O–H groups in total. The van der Waals surface area contributed by atoms with Crippen LogP contribution in [0.15, 0.2) is 36.4 Å². The zero-order chi connectivity index (χ0) is 27.9. The van der Waals surface area contributed by atoms with E-state index in [1.165, 1.54) is 19.3 Å². The second-order valence-corrected chi connectivity index (χ2v) is 12.6. The van der Waals surface area contributed by atoms with Gasteiger partial charge in [0.1, 0.15) is 11.6 Å². The van der Waals surface area contributed by atoms with Crippen LogP contribution in [0, 0.1) is 11.8 Å². The number of carbonyl (C=O) groups excluding carboxylic acids is 3. The van der Waals surface area contributed by atoms with E-state index in [-0.39, 0.29) is 23.8 Å². The van der Waals surface area contributed by atoms with E-state index in [2.05, 4.69) is 22.5 Å². The van der Waals surface area contributed by atoms with Gasteiger partial charge in [-0.2, -0.15) is 0 Å². The minimum Gasteiger partial charge on any atom is -0.359 e. The van der Waals surface area contributed by atoms with Crippen molar-refractivity contribution in [1.82, 2.24) is 15.1 Å². The molecule has 1 aromatic carbocycles. The number of hydrogen-bond acceptors (Lipinski definition) is 5. The Hall–Kier alpha value is -2.42. The van der Waals surface area contributed by atoms with Crippen molar-refractivity contribution >= 4 is 35.0 Å². The quantitative estimate of drug-likeness (QED) is 0.460. The molecular formula is C31H41ClN4O4. The van der Waals surface area contributed by atoms with Crippen LogP contribution in [-0.2, 0) is 19.1 Å². The standard InChI is InChI=1S/C31H41ClN4O4/c1-2-23-10-6-7-17-35(23)18-19-36-27(29(38)34-21-8-4-3-5-9-21)31-16-15-24(40-31)25(26(31)30(36)39)28(37)33-22-13-11-20(32)12-14-22/h11-16,21,23-27H,2-10,17-19H2,1H3,(H,33,37)(H,34,38)/t23?,24-,25?,26-,27?,31?/m0/s1. The third-order valence-corrected chi connectivity index (χ3v) is 10.1. The number of rotatable bonds is 8. The average molecular weight is 569 g/mol. The van der Waals surface area contributed by atoms with E-state index in [1.54, 1.807) is 29.2 Å². The van der Waals surface area contributed by atoms with Crippen LogP contribution in [-0.4, -0.2) is 77.0 Å². The summed E-state index contributed by atoms with van der Waals surface area (Å²) in [7, 11) is 0. The zero-order valence-electron chi connectivity index (χ0n) is 23.3. The second-order valence-electron chi connectivity index (χ2n) is 12.2. The summed E-state index contributed by atoms with van der Waals surface area (Å²) in [6.45, 7) is 4.40. The van der Waals surface area contributed by atoms with Crippen LogP contribution in [0.2, 0.25) is 5.02 Å². The maximum atomic E-state index is 14.2. The SMILES string of the molecule is CCC1CCCCN1CCN1C(=O)[C@@H]2C(C(=O)Nc3ccc(Cl)cc3)[C@@H]3C=CC2(O3)C1C(=O)NC1CCCCC1. The first-order valence-electron chi connectivity index (χ1n) is 15.2. The van der Waals surface area contributed by atoms with Gasteiger partial charge in [0, 0.05) is 35.9 Å². The molecule has 5 aliphatic rings. The average Bonchev–Trinajstić information content (AvgIpc) is 3.61. The van der Waals surface area contributed by atoms with Gasteiger partial charge >= 0.3 is 0 Å². The number of halogens is 1. The van der Waals surface area contributed by atoms with Crippen molar-refractivity contribution in [1.29, 1.82) is 0 Å². The number of nitrogens with one attached hydrogen (secondary N) is 2. The van der Waals surface area contributed by atoms with Gasteiger partial charge in [0.05, 0.1) is 17.9 Å². The fraction of sp³-hybridized carbons (Fsp3) is 0.645. The number of anilines is 1. The summed E-state index contributed by atoms with van der Waals surface area (Å²) in [6, 6.07) is 6.75. The number of amides is 3. The summed E-state index contributed by atoms with van der Waals surface area (Å²) in [5.74, 6) is -2.02. The molecule has 1 aliphatic carbocycles. The maximum Gasteiger partial charge on any atom is 0.246 e. The Kier molecular flexibility index (Phi) is 7.94. The van der Waals surface area contributed by atoms with Gasteiger partial charge in [0.15, 0.2) is 0 Å². The molecule has 6 rings (SSSR count). The van der Waals surface area contributed by atoms with Crippen molar-refractivity contribution in [3.63, 3.8) is 0 Å². The fourth-order valence-corrected chi connectivity index (χ4v) is 7.97. The van der Waals surface area contributed by atoms with E-state index in [9.17, 15) is 14.4 Å². The lowest BCUT2D eigenvalue weighted by Crippen LogP contribution is -2.57. The highest BCUT2D eigenvalue weighted by Crippen LogP contribution is 2.55. The predicted molar refractivity (Wildman–Crippen MR) is 154 cm³/mol. The van der Waals surface area contributed by atoms with E-state index < -0.39 is 29.6 Å². The van der Waals surface area contributed by atoms with Gasteiger partial charge in [-0.1, -0.05) is 56.4 Å². The fourth-order valence-electron chi connectivity index (χ4n) is 7.85. The lowest BCUT2D eigenvalue weighted by molar-refractivity contribution is -0.141. The van der Waals surface area contributed by atoms with Gasteiger partial charge in [-0.15, -0.1) is 0 Å². The molecule has 216 valence electrons. The molecule has 1 saturated carbocycles. The minimum atomic E-state index is -1.13. The number of benzene rings is 1. The van der Waals surface area contributed by atoms with Crippen molar-refractivity contribution in [2.75, 3.05) is 25.0 Å². The predicted octanol–water partition coefficient (Wildman–Crippen LogP) is 4.14. The number of hydrogen-bond donors (Lipinski definition) is 2. The summed E-state index contributed by atoms with van der Waals surface area (Å²) in [4.78, 5) is 46.1. The number of fused-ring (bicyclic) bond motifs is 1. The molecule has 4 fully saturated rings. The van der Waals surface area contributed by atoms with Crippen LogP contribution in [0.5, 0.6) is 0 Å². The van der Waals surface area contributed by atoms with Crippen molar-refractivity contribution in [2.24, 2.45) is 11.8 Å². The number of piperidine rings is 1. The highest BCUT2D eigenvalue weighted by atomic mass is 35.5. The Morgan fingerprint density at radius 3 is 2.52 bits per heavy atom. The van der Waals surface area contributed by atoms with Crippen molar-refractivity contribution < 1.29 is 19.1 Å². The first kappa shape index (κ1) is 27.7. The van der Waals surface area contributed by atoms with Crippen molar-refractivity contribution in [3.8, 4) is 0 Å². The van der Waals surface area contributed by atoms with Crippen LogP contribution in [0.3, 0.4) is 0 Å². The van der Waals surface area contributed by atoms with E-state index in [1.807, 2.05) is 12.2 Å². The Balaban J connectivity index is 1.26. The van der Waals surface area contributed by atoms with E-state index in [4.69, 9.17) is 16.3 Å². The first-order valence-corrected chi connectivity index (χ1v) is 15.6. The third-order valence-electron chi connectivity index (χ3n) is 9.84. The van der Waals surface area contributed by atoms with Crippen LogP contribution >= 0.6 is 11.6 Å². The van der Waals surface area contributed by atoms with Crippen molar-refractivity contribution in [3.05, 3.63) is 41.4 Å². The first-order chi connectivity index (χ1) is 19.4. The molecule has 0 radical (unpaired) electrons. The molecule has 3 amide bonds. The molecule has 4 heterocycles. The normalized spacial score (nSPS) is 33.8. The number of likely N-dealkylation sites (tertiary alicyclic amines) is 2. The Morgan fingerprint density at radius 1 is 1.02 bits per heavy atom. The van der Waals surface area contributed by atoms with Crippen molar-refractivity contribution in [2.45, 2.75) is 94.5 Å².